The third-order valence-corrected chi connectivity index (χ3v) is 2.54. The summed E-state index contributed by atoms with van der Waals surface area (Å²) in [7, 11) is 0. The van der Waals surface area contributed by atoms with E-state index in [1.54, 1.807) is 0 Å². The summed E-state index contributed by atoms with van der Waals surface area (Å²) in [4.78, 5) is 0. The quantitative estimate of drug-likeness (QED) is 0.773. The van der Waals surface area contributed by atoms with Gasteiger partial charge in [0.05, 0.1) is 12.7 Å². The van der Waals surface area contributed by atoms with Crippen molar-refractivity contribution in [3.8, 4) is 0 Å². The first-order valence-corrected chi connectivity index (χ1v) is 4.83. The van der Waals surface area contributed by atoms with Gasteiger partial charge in [-0.1, -0.05) is 43.7 Å². The summed E-state index contributed by atoms with van der Waals surface area (Å²) in [6.45, 7) is 5.67. The van der Waals surface area contributed by atoms with Gasteiger partial charge in [0.15, 0.2) is 0 Å². The maximum atomic E-state index is 9.98. The number of benzene rings is 1. The molecule has 0 aliphatic heterocycles. The minimum Gasteiger partial charge on any atom is -0.396 e. The van der Waals surface area contributed by atoms with Crippen molar-refractivity contribution in [2.45, 2.75) is 26.9 Å². The maximum absolute atomic E-state index is 9.98. The highest BCUT2D eigenvalue weighted by atomic mass is 16.3. The normalized spacial score (nSPS) is 14.1. The predicted molar refractivity (Wildman–Crippen MR) is 57.0 cm³/mol. The molecule has 0 aromatic heterocycles. The SMILES string of the molecule is Cc1ccc(C(O)C(C)(C)CO)cc1. The van der Waals surface area contributed by atoms with Crippen LogP contribution in [0.5, 0.6) is 0 Å². The zero-order valence-corrected chi connectivity index (χ0v) is 8.99. The molecule has 2 nitrogen and oxygen atoms in total. The van der Waals surface area contributed by atoms with Crippen LogP contribution in [-0.4, -0.2) is 16.8 Å². The fraction of sp³-hybridized carbons (Fsp3) is 0.500. The molecule has 1 aromatic carbocycles. The zero-order chi connectivity index (χ0) is 10.8. The molecule has 0 saturated heterocycles. The second-order valence-corrected chi connectivity index (χ2v) is 4.46. The number of aliphatic hydroxyl groups excluding tert-OH is 2. The molecule has 1 aromatic rings. The molecular weight excluding hydrogens is 176 g/mol. The van der Waals surface area contributed by atoms with Gasteiger partial charge < -0.3 is 10.2 Å². The zero-order valence-electron chi connectivity index (χ0n) is 8.99. The molecule has 0 saturated carbocycles. The van der Waals surface area contributed by atoms with Gasteiger partial charge >= 0.3 is 0 Å². The van der Waals surface area contributed by atoms with E-state index in [0.717, 1.165) is 5.56 Å². The number of hydrogen-bond donors (Lipinski definition) is 2. The molecule has 0 heterocycles. The third kappa shape index (κ3) is 2.34. The van der Waals surface area contributed by atoms with E-state index in [2.05, 4.69) is 0 Å². The van der Waals surface area contributed by atoms with Crippen LogP contribution in [0.1, 0.15) is 31.1 Å². The molecule has 0 aliphatic rings. The molecule has 2 N–H and O–H groups in total. The first kappa shape index (κ1) is 11.2. The van der Waals surface area contributed by atoms with Crippen LogP contribution < -0.4 is 0 Å². The van der Waals surface area contributed by atoms with Gasteiger partial charge in [-0.2, -0.15) is 0 Å². The molecule has 1 unspecified atom stereocenters. The van der Waals surface area contributed by atoms with Crippen LogP contribution in [0.25, 0.3) is 0 Å². The molecule has 2 heteroatoms. The Morgan fingerprint density at radius 3 is 2.14 bits per heavy atom. The smallest absolute Gasteiger partial charge is 0.0862 e. The highest BCUT2D eigenvalue weighted by Crippen LogP contribution is 2.32. The van der Waals surface area contributed by atoms with E-state index in [-0.39, 0.29) is 6.61 Å². The molecule has 14 heavy (non-hydrogen) atoms. The van der Waals surface area contributed by atoms with E-state index in [9.17, 15) is 5.11 Å². The summed E-state index contributed by atoms with van der Waals surface area (Å²) in [6, 6.07) is 7.73. The Bertz CT molecular complexity index is 288. The van der Waals surface area contributed by atoms with Crippen LogP contribution in [0, 0.1) is 12.3 Å². The summed E-state index contributed by atoms with van der Waals surface area (Å²) in [5, 5.41) is 19.1. The Balaban J connectivity index is 2.89. The fourth-order valence-corrected chi connectivity index (χ4v) is 1.29. The molecule has 0 amide bonds. The Morgan fingerprint density at radius 2 is 1.71 bits per heavy atom. The van der Waals surface area contributed by atoms with Crippen molar-refractivity contribution < 1.29 is 10.2 Å². The van der Waals surface area contributed by atoms with Crippen LogP contribution in [0.4, 0.5) is 0 Å². The first-order valence-electron chi connectivity index (χ1n) is 4.83. The predicted octanol–water partition coefficient (Wildman–Crippen LogP) is 2.05. The lowest BCUT2D eigenvalue weighted by Gasteiger charge is -2.28. The maximum Gasteiger partial charge on any atom is 0.0862 e. The van der Waals surface area contributed by atoms with Crippen molar-refractivity contribution >= 4 is 0 Å². The van der Waals surface area contributed by atoms with Gasteiger partial charge in [0, 0.05) is 5.41 Å². The molecule has 78 valence electrons. The van der Waals surface area contributed by atoms with E-state index in [1.807, 2.05) is 45.0 Å². The Hall–Kier alpha value is -0.860. The molecule has 0 spiro atoms. The van der Waals surface area contributed by atoms with E-state index in [0.29, 0.717) is 0 Å². The molecule has 0 bridgehead atoms. The second-order valence-electron chi connectivity index (χ2n) is 4.46. The number of aliphatic hydroxyl groups is 2. The topological polar surface area (TPSA) is 40.5 Å². The van der Waals surface area contributed by atoms with Gasteiger partial charge in [-0.3, -0.25) is 0 Å². The number of rotatable bonds is 3. The van der Waals surface area contributed by atoms with Crippen molar-refractivity contribution in [1.82, 2.24) is 0 Å². The highest BCUT2D eigenvalue weighted by Gasteiger charge is 2.28. The Labute approximate surface area is 85.2 Å². The number of hydrogen-bond acceptors (Lipinski definition) is 2. The lowest BCUT2D eigenvalue weighted by molar-refractivity contribution is 0.00638. The van der Waals surface area contributed by atoms with Crippen LogP contribution in [0.15, 0.2) is 24.3 Å². The van der Waals surface area contributed by atoms with Gasteiger partial charge in [0.1, 0.15) is 0 Å². The van der Waals surface area contributed by atoms with Crippen molar-refractivity contribution in [3.63, 3.8) is 0 Å². The fourth-order valence-electron chi connectivity index (χ4n) is 1.29. The van der Waals surface area contributed by atoms with Crippen LogP contribution in [-0.2, 0) is 0 Å². The van der Waals surface area contributed by atoms with Crippen molar-refractivity contribution in [2.24, 2.45) is 5.41 Å². The van der Waals surface area contributed by atoms with Crippen molar-refractivity contribution in [2.75, 3.05) is 6.61 Å². The summed E-state index contributed by atoms with van der Waals surface area (Å²) in [6.07, 6.45) is -0.618. The van der Waals surface area contributed by atoms with Gasteiger partial charge in [0.25, 0.3) is 0 Å². The first-order chi connectivity index (χ1) is 6.47. The molecule has 1 atom stereocenters. The molecule has 0 aliphatic carbocycles. The van der Waals surface area contributed by atoms with Crippen molar-refractivity contribution in [3.05, 3.63) is 35.4 Å². The largest absolute Gasteiger partial charge is 0.396 e. The van der Waals surface area contributed by atoms with Crippen molar-refractivity contribution in [1.29, 1.82) is 0 Å². The molecule has 0 radical (unpaired) electrons. The summed E-state index contributed by atoms with van der Waals surface area (Å²) < 4.78 is 0. The lowest BCUT2D eigenvalue weighted by Crippen LogP contribution is -2.25. The lowest BCUT2D eigenvalue weighted by atomic mass is 9.83. The number of aryl methyl sites for hydroxylation is 1. The van der Waals surface area contributed by atoms with Gasteiger partial charge in [0.2, 0.25) is 0 Å². The Morgan fingerprint density at radius 1 is 1.21 bits per heavy atom. The van der Waals surface area contributed by atoms with E-state index < -0.39 is 11.5 Å². The standard InChI is InChI=1S/C12H18O2/c1-9-4-6-10(7-5-9)11(14)12(2,3)8-13/h4-7,11,13-14H,8H2,1-3H3. The average molecular weight is 194 g/mol. The third-order valence-electron chi connectivity index (χ3n) is 2.54. The average Bonchev–Trinajstić information content (AvgIpc) is 2.18. The van der Waals surface area contributed by atoms with Gasteiger partial charge in [-0.25, -0.2) is 0 Å². The monoisotopic (exact) mass is 194 g/mol. The van der Waals surface area contributed by atoms with Gasteiger partial charge in [-0.15, -0.1) is 0 Å². The van der Waals surface area contributed by atoms with Crippen LogP contribution >= 0.6 is 0 Å². The van der Waals surface area contributed by atoms with Crippen LogP contribution in [0.3, 0.4) is 0 Å². The molecule has 0 fully saturated rings. The minimum absolute atomic E-state index is 0.0258. The highest BCUT2D eigenvalue weighted by molar-refractivity contribution is 5.24. The molecule has 1 rings (SSSR count). The summed E-state index contributed by atoms with van der Waals surface area (Å²) in [5.41, 5.74) is 1.53. The van der Waals surface area contributed by atoms with E-state index >= 15 is 0 Å². The minimum atomic E-state index is -0.618. The van der Waals surface area contributed by atoms with E-state index in [1.165, 1.54) is 5.56 Å². The summed E-state index contributed by atoms with van der Waals surface area (Å²) >= 11 is 0. The molecular formula is C12H18O2. The second kappa shape index (κ2) is 4.11. The van der Waals surface area contributed by atoms with E-state index in [4.69, 9.17) is 5.11 Å². The van der Waals surface area contributed by atoms with Crippen LogP contribution in [0.2, 0.25) is 0 Å². The Kier molecular flexibility index (Phi) is 3.29. The summed E-state index contributed by atoms with van der Waals surface area (Å²) in [5.74, 6) is 0. The van der Waals surface area contributed by atoms with Gasteiger partial charge in [-0.05, 0) is 12.5 Å².